The van der Waals surface area contributed by atoms with Gasteiger partial charge in [-0.1, -0.05) is 35.9 Å². The molecule has 1 amide bonds. The highest BCUT2D eigenvalue weighted by molar-refractivity contribution is 6.34. The molecule has 1 saturated heterocycles. The number of carbonyl (C=O) groups is 1. The lowest BCUT2D eigenvalue weighted by atomic mass is 10.1. The van der Waals surface area contributed by atoms with E-state index in [0.717, 1.165) is 49.2 Å². The average molecular weight is 304 g/mol. The van der Waals surface area contributed by atoms with E-state index in [1.807, 2.05) is 23.1 Å². The summed E-state index contributed by atoms with van der Waals surface area (Å²) in [5, 5.41) is 2.67. The molecule has 4 nitrogen and oxygen atoms in total. The lowest BCUT2D eigenvalue weighted by Gasteiger charge is -2.34. The van der Waals surface area contributed by atoms with Gasteiger partial charge in [0.1, 0.15) is 5.15 Å². The third kappa shape index (κ3) is 3.17. The molecule has 0 bridgehead atoms. The first-order valence-corrected chi connectivity index (χ1v) is 7.53. The van der Waals surface area contributed by atoms with Crippen molar-refractivity contribution in [1.82, 2.24) is 14.8 Å². The Morgan fingerprint density at radius 3 is 2.67 bits per heavy atom. The van der Waals surface area contributed by atoms with Crippen LogP contribution in [-0.4, -0.2) is 46.9 Å². The predicted molar refractivity (Wildman–Crippen MR) is 84.3 cm³/mol. The number of halogens is 1. The van der Waals surface area contributed by atoms with E-state index in [1.165, 1.54) is 0 Å². The van der Waals surface area contributed by atoms with E-state index in [0.29, 0.717) is 5.15 Å². The zero-order valence-corrected chi connectivity index (χ0v) is 12.8. The van der Waals surface area contributed by atoms with Crippen LogP contribution in [0.3, 0.4) is 0 Å². The summed E-state index contributed by atoms with van der Waals surface area (Å²) in [5.41, 5.74) is 0.981. The van der Waals surface area contributed by atoms with Crippen LogP contribution in [-0.2, 0) is 11.3 Å². The zero-order chi connectivity index (χ0) is 14.8. The fourth-order valence-corrected chi connectivity index (χ4v) is 3.02. The molecule has 3 rings (SSSR count). The standard InChI is InChI=1S/C16H18ClN3O/c1-12(21)20-8-6-19(7-9-20)11-14-10-13-4-2-3-5-15(13)16(17)18-14/h2-5,10H,6-9,11H2,1H3. The first-order chi connectivity index (χ1) is 10.1. The van der Waals surface area contributed by atoms with E-state index < -0.39 is 0 Å². The predicted octanol–water partition coefficient (Wildman–Crippen LogP) is 2.55. The van der Waals surface area contributed by atoms with Crippen LogP contribution in [0, 0.1) is 0 Å². The van der Waals surface area contributed by atoms with Gasteiger partial charge < -0.3 is 4.90 Å². The molecule has 1 fully saturated rings. The molecule has 5 heteroatoms. The Balaban J connectivity index is 1.73. The van der Waals surface area contributed by atoms with Crippen molar-refractivity contribution in [2.45, 2.75) is 13.5 Å². The molecule has 0 radical (unpaired) electrons. The highest BCUT2D eigenvalue weighted by atomic mass is 35.5. The van der Waals surface area contributed by atoms with Gasteiger partial charge >= 0.3 is 0 Å². The molecule has 1 aromatic carbocycles. The third-order valence-corrected chi connectivity index (χ3v) is 4.24. The van der Waals surface area contributed by atoms with Crippen LogP contribution in [0.1, 0.15) is 12.6 Å². The number of nitrogens with zero attached hydrogens (tertiary/aromatic N) is 3. The van der Waals surface area contributed by atoms with Gasteiger partial charge in [-0.3, -0.25) is 9.69 Å². The molecule has 0 aliphatic carbocycles. The second kappa shape index (κ2) is 6.00. The Bertz CT molecular complexity index is 666. The summed E-state index contributed by atoms with van der Waals surface area (Å²) in [6, 6.07) is 10.1. The van der Waals surface area contributed by atoms with Gasteiger partial charge in [-0.25, -0.2) is 4.98 Å². The van der Waals surface area contributed by atoms with Crippen molar-refractivity contribution in [2.24, 2.45) is 0 Å². The molecule has 110 valence electrons. The van der Waals surface area contributed by atoms with Gasteiger partial charge in [0, 0.05) is 45.0 Å². The average Bonchev–Trinajstić information content (AvgIpc) is 2.48. The molecule has 0 atom stereocenters. The summed E-state index contributed by atoms with van der Waals surface area (Å²) in [4.78, 5) is 20.0. The Morgan fingerprint density at radius 2 is 1.95 bits per heavy atom. The smallest absolute Gasteiger partial charge is 0.219 e. The minimum atomic E-state index is 0.154. The van der Waals surface area contributed by atoms with Gasteiger partial charge in [-0.2, -0.15) is 0 Å². The molecule has 0 saturated carbocycles. The van der Waals surface area contributed by atoms with E-state index in [-0.39, 0.29) is 5.91 Å². The van der Waals surface area contributed by atoms with E-state index in [4.69, 9.17) is 11.6 Å². The van der Waals surface area contributed by atoms with Crippen molar-refractivity contribution in [3.8, 4) is 0 Å². The van der Waals surface area contributed by atoms with Gasteiger partial charge in [-0.15, -0.1) is 0 Å². The number of benzene rings is 1. The normalized spacial score (nSPS) is 16.4. The topological polar surface area (TPSA) is 36.4 Å². The van der Waals surface area contributed by atoms with Gasteiger partial charge in [-0.05, 0) is 11.5 Å². The van der Waals surface area contributed by atoms with Crippen LogP contribution >= 0.6 is 11.6 Å². The Hall–Kier alpha value is -1.65. The molecule has 1 aliphatic heterocycles. The summed E-state index contributed by atoms with van der Waals surface area (Å²) in [6.07, 6.45) is 0. The molecule has 0 spiro atoms. The first-order valence-electron chi connectivity index (χ1n) is 7.15. The number of amides is 1. The molecule has 2 heterocycles. The van der Waals surface area contributed by atoms with Crippen molar-refractivity contribution in [1.29, 1.82) is 0 Å². The zero-order valence-electron chi connectivity index (χ0n) is 12.1. The van der Waals surface area contributed by atoms with Crippen molar-refractivity contribution in [2.75, 3.05) is 26.2 Å². The number of pyridine rings is 1. The molecule has 1 aliphatic rings. The van der Waals surface area contributed by atoms with E-state index in [2.05, 4.69) is 22.0 Å². The SMILES string of the molecule is CC(=O)N1CCN(Cc2cc3ccccc3c(Cl)n2)CC1. The maximum absolute atomic E-state index is 11.3. The van der Waals surface area contributed by atoms with E-state index >= 15 is 0 Å². The number of piperazine rings is 1. The summed E-state index contributed by atoms with van der Waals surface area (Å²) in [5.74, 6) is 0.154. The van der Waals surface area contributed by atoms with E-state index in [1.54, 1.807) is 6.92 Å². The molecular formula is C16H18ClN3O. The van der Waals surface area contributed by atoms with Gasteiger partial charge in [0.15, 0.2) is 0 Å². The Kier molecular flexibility index (Phi) is 4.08. The van der Waals surface area contributed by atoms with Gasteiger partial charge in [0.25, 0.3) is 0 Å². The molecule has 0 N–H and O–H groups in total. The third-order valence-electron chi connectivity index (χ3n) is 3.95. The van der Waals surface area contributed by atoms with Crippen molar-refractivity contribution < 1.29 is 4.79 Å². The largest absolute Gasteiger partial charge is 0.340 e. The van der Waals surface area contributed by atoms with Gasteiger partial charge in [0.2, 0.25) is 5.91 Å². The molecule has 0 unspecified atom stereocenters. The number of hydrogen-bond donors (Lipinski definition) is 0. The summed E-state index contributed by atoms with van der Waals surface area (Å²) in [7, 11) is 0. The molecule has 2 aromatic rings. The number of hydrogen-bond acceptors (Lipinski definition) is 3. The highest BCUT2D eigenvalue weighted by Crippen LogP contribution is 2.23. The second-order valence-corrected chi connectivity index (χ2v) is 5.77. The minimum Gasteiger partial charge on any atom is -0.340 e. The molecule has 21 heavy (non-hydrogen) atoms. The van der Waals surface area contributed by atoms with Crippen LogP contribution in [0.4, 0.5) is 0 Å². The lowest BCUT2D eigenvalue weighted by molar-refractivity contribution is -0.130. The number of rotatable bonds is 2. The summed E-state index contributed by atoms with van der Waals surface area (Å²) in [6.45, 7) is 5.74. The molecular weight excluding hydrogens is 286 g/mol. The van der Waals surface area contributed by atoms with E-state index in [9.17, 15) is 4.79 Å². The number of fused-ring (bicyclic) bond motifs is 1. The summed E-state index contributed by atoms with van der Waals surface area (Å²) >= 11 is 6.26. The monoisotopic (exact) mass is 303 g/mol. The van der Waals surface area contributed by atoms with Crippen LogP contribution in [0.25, 0.3) is 10.8 Å². The maximum atomic E-state index is 11.3. The minimum absolute atomic E-state index is 0.154. The fourth-order valence-electron chi connectivity index (χ4n) is 2.74. The number of carbonyl (C=O) groups excluding carboxylic acids is 1. The van der Waals surface area contributed by atoms with Gasteiger partial charge in [0.05, 0.1) is 5.69 Å². The van der Waals surface area contributed by atoms with Crippen molar-refractivity contribution in [3.63, 3.8) is 0 Å². The molecule has 1 aromatic heterocycles. The van der Waals surface area contributed by atoms with Crippen molar-refractivity contribution in [3.05, 3.63) is 41.2 Å². The first kappa shape index (κ1) is 14.3. The van der Waals surface area contributed by atoms with Crippen LogP contribution in [0.15, 0.2) is 30.3 Å². The van der Waals surface area contributed by atoms with Crippen LogP contribution in [0.2, 0.25) is 5.15 Å². The quantitative estimate of drug-likeness (QED) is 0.800. The number of aromatic nitrogens is 1. The fraction of sp³-hybridized carbons (Fsp3) is 0.375. The lowest BCUT2D eigenvalue weighted by Crippen LogP contribution is -2.47. The highest BCUT2D eigenvalue weighted by Gasteiger charge is 2.19. The Morgan fingerprint density at radius 1 is 1.24 bits per heavy atom. The van der Waals surface area contributed by atoms with Crippen molar-refractivity contribution >= 4 is 28.3 Å². The van der Waals surface area contributed by atoms with Crippen LogP contribution < -0.4 is 0 Å². The second-order valence-electron chi connectivity index (χ2n) is 5.41. The summed E-state index contributed by atoms with van der Waals surface area (Å²) < 4.78 is 0. The Labute approximate surface area is 129 Å². The maximum Gasteiger partial charge on any atom is 0.219 e. The van der Waals surface area contributed by atoms with Crippen LogP contribution in [0.5, 0.6) is 0 Å².